The minimum atomic E-state index is -1.97. The number of hydrogen-bond donors (Lipinski definition) is 2. The average molecular weight is 509 g/mol. The van der Waals surface area contributed by atoms with E-state index in [-0.39, 0.29) is 37.3 Å². The van der Waals surface area contributed by atoms with Crippen LogP contribution in [0.3, 0.4) is 0 Å². The van der Waals surface area contributed by atoms with E-state index in [1.807, 2.05) is 0 Å². The Morgan fingerprint density at radius 2 is 2.11 bits per heavy atom. The molecule has 3 aliphatic rings. The number of fused-ring (bicyclic) bond motifs is 5. The monoisotopic (exact) mass is 509 g/mol. The molecule has 0 radical (unpaired) electrons. The van der Waals surface area contributed by atoms with E-state index in [9.17, 15) is 23.9 Å². The van der Waals surface area contributed by atoms with Crippen molar-refractivity contribution >= 4 is 23.0 Å². The van der Waals surface area contributed by atoms with Crippen LogP contribution in [-0.4, -0.2) is 40.4 Å². The van der Waals surface area contributed by atoms with Crippen LogP contribution >= 0.6 is 0 Å². The molecule has 11 heteroatoms. The molecule has 6 rings (SSSR count). The van der Waals surface area contributed by atoms with Crippen LogP contribution in [0, 0.1) is 12.7 Å². The Hall–Kier alpha value is -3.99. The first kappa shape index (κ1) is 23.4. The van der Waals surface area contributed by atoms with Gasteiger partial charge in [-0.2, -0.15) is 0 Å². The van der Waals surface area contributed by atoms with Gasteiger partial charge in [0.15, 0.2) is 5.60 Å². The van der Waals surface area contributed by atoms with Gasteiger partial charge in [0.2, 0.25) is 0 Å². The van der Waals surface area contributed by atoms with Crippen molar-refractivity contribution in [1.29, 1.82) is 0 Å². The lowest BCUT2D eigenvalue weighted by atomic mass is 9.86. The van der Waals surface area contributed by atoms with Crippen molar-refractivity contribution in [2.45, 2.75) is 51.5 Å². The first-order valence-electron chi connectivity index (χ1n) is 12.0. The third kappa shape index (κ3) is 3.13. The number of carbonyl (C=O) groups is 2. The van der Waals surface area contributed by atoms with E-state index in [1.165, 1.54) is 17.7 Å². The number of alkyl carbamates (subject to hydrolysis) is 1. The summed E-state index contributed by atoms with van der Waals surface area (Å²) in [6.45, 7) is 3.34. The lowest BCUT2D eigenvalue weighted by Gasteiger charge is -2.31. The zero-order valence-electron chi connectivity index (χ0n) is 20.4. The molecule has 0 spiro atoms. The standard InChI is InChI=1S/C26H24FN3O7/c1-4-26(34)14-7-18-21-12(9-30(18)23(31)13(14)10-37-24(26)32)19-16(29-25(33)35-3)5-6-36-22-11(2)15(27)8-17(28-21)20(19)22/h7-8,16,34H,4-6,9-10H2,1-3H3,(H,29,33)/t16?,26-/m0/s1. The van der Waals surface area contributed by atoms with Gasteiger partial charge in [-0.05, 0) is 25.0 Å². The average Bonchev–Trinajstić information content (AvgIpc) is 3.14. The highest BCUT2D eigenvalue weighted by Gasteiger charge is 2.46. The molecule has 1 amide bonds. The Balaban J connectivity index is 1.68. The second kappa shape index (κ2) is 8.01. The number of ether oxygens (including phenoxy) is 3. The van der Waals surface area contributed by atoms with Gasteiger partial charge in [-0.1, -0.05) is 6.92 Å². The number of rotatable bonds is 2. The largest absolute Gasteiger partial charge is 0.492 e. The maximum atomic E-state index is 14.9. The van der Waals surface area contributed by atoms with E-state index < -0.39 is 35.1 Å². The molecule has 0 bridgehead atoms. The number of esters is 1. The van der Waals surface area contributed by atoms with Gasteiger partial charge in [0.05, 0.1) is 48.8 Å². The Labute approximate surface area is 210 Å². The lowest BCUT2D eigenvalue weighted by molar-refractivity contribution is -0.172. The van der Waals surface area contributed by atoms with Crippen LogP contribution in [0.1, 0.15) is 53.6 Å². The summed E-state index contributed by atoms with van der Waals surface area (Å²) >= 11 is 0. The normalized spacial score (nSPS) is 21.3. The summed E-state index contributed by atoms with van der Waals surface area (Å²) < 4.78 is 32.4. The van der Waals surface area contributed by atoms with Crippen molar-refractivity contribution in [3.63, 3.8) is 0 Å². The molecular weight excluding hydrogens is 485 g/mol. The van der Waals surface area contributed by atoms with Crippen LogP contribution in [0.5, 0.6) is 5.75 Å². The Morgan fingerprint density at radius 3 is 2.84 bits per heavy atom. The number of nitrogens with zero attached hydrogens (tertiary/aromatic N) is 2. The molecule has 192 valence electrons. The Bertz CT molecular complexity index is 1600. The lowest BCUT2D eigenvalue weighted by Crippen LogP contribution is -2.44. The van der Waals surface area contributed by atoms with Crippen molar-refractivity contribution < 1.29 is 33.3 Å². The van der Waals surface area contributed by atoms with E-state index in [1.54, 1.807) is 19.9 Å². The van der Waals surface area contributed by atoms with Crippen LogP contribution in [-0.2, 0) is 33.0 Å². The number of aliphatic hydroxyl groups is 1. The van der Waals surface area contributed by atoms with E-state index >= 15 is 0 Å². The van der Waals surface area contributed by atoms with Gasteiger partial charge in [0, 0.05) is 34.6 Å². The summed E-state index contributed by atoms with van der Waals surface area (Å²) in [4.78, 5) is 43.0. The second-order valence-corrected chi connectivity index (χ2v) is 9.49. The molecule has 2 N–H and O–H groups in total. The fraction of sp³-hybridized carbons (Fsp3) is 0.385. The number of cyclic esters (lactones) is 1. The minimum Gasteiger partial charge on any atom is -0.492 e. The summed E-state index contributed by atoms with van der Waals surface area (Å²) in [6.07, 6.45) is -0.255. The van der Waals surface area contributed by atoms with Crippen LogP contribution in [0.4, 0.5) is 9.18 Å². The van der Waals surface area contributed by atoms with E-state index in [0.29, 0.717) is 51.2 Å². The Kier molecular flexibility index (Phi) is 5.07. The van der Waals surface area contributed by atoms with Crippen molar-refractivity contribution in [2.75, 3.05) is 13.7 Å². The van der Waals surface area contributed by atoms with Gasteiger partial charge in [0.1, 0.15) is 18.2 Å². The van der Waals surface area contributed by atoms with Crippen LogP contribution < -0.4 is 15.6 Å². The summed E-state index contributed by atoms with van der Waals surface area (Å²) in [7, 11) is 1.26. The van der Waals surface area contributed by atoms with Gasteiger partial charge in [-0.25, -0.2) is 19.0 Å². The molecule has 1 aromatic carbocycles. The molecule has 0 saturated heterocycles. The minimum absolute atomic E-state index is 0.0152. The first-order valence-corrected chi connectivity index (χ1v) is 12.0. The van der Waals surface area contributed by atoms with E-state index in [2.05, 4.69) is 5.32 Å². The number of hydrogen-bond acceptors (Lipinski definition) is 8. The third-order valence-electron chi connectivity index (χ3n) is 7.64. The smallest absolute Gasteiger partial charge is 0.407 e. The first-order chi connectivity index (χ1) is 17.7. The van der Waals surface area contributed by atoms with Gasteiger partial charge < -0.3 is 29.2 Å². The summed E-state index contributed by atoms with van der Waals surface area (Å²) in [6, 6.07) is 2.34. The van der Waals surface area contributed by atoms with Crippen molar-refractivity contribution in [3.8, 4) is 17.1 Å². The quantitative estimate of drug-likeness (QED) is 0.395. The zero-order chi connectivity index (χ0) is 26.2. The summed E-state index contributed by atoms with van der Waals surface area (Å²) in [5, 5.41) is 14.5. The van der Waals surface area contributed by atoms with Crippen LogP contribution in [0.15, 0.2) is 16.9 Å². The molecule has 0 aliphatic carbocycles. The van der Waals surface area contributed by atoms with E-state index in [4.69, 9.17) is 19.2 Å². The molecule has 5 heterocycles. The molecule has 1 unspecified atom stereocenters. The number of pyridine rings is 2. The van der Waals surface area contributed by atoms with Gasteiger partial charge in [-0.3, -0.25) is 4.79 Å². The number of halogens is 1. The molecule has 37 heavy (non-hydrogen) atoms. The molecule has 2 aromatic heterocycles. The molecule has 2 atom stereocenters. The third-order valence-corrected chi connectivity index (χ3v) is 7.64. The number of nitrogens with one attached hydrogen (secondary N) is 1. The molecule has 10 nitrogen and oxygen atoms in total. The number of aromatic nitrogens is 2. The summed E-state index contributed by atoms with van der Waals surface area (Å²) in [5.41, 5.74) is 0.764. The molecular formula is C26H24FN3O7. The highest BCUT2D eigenvalue weighted by Crippen LogP contribution is 2.46. The van der Waals surface area contributed by atoms with E-state index in [0.717, 1.165) is 0 Å². The molecule has 3 aromatic rings. The number of benzene rings is 1. The van der Waals surface area contributed by atoms with Gasteiger partial charge in [0.25, 0.3) is 5.56 Å². The van der Waals surface area contributed by atoms with Gasteiger partial charge >= 0.3 is 12.1 Å². The topological polar surface area (TPSA) is 129 Å². The summed E-state index contributed by atoms with van der Waals surface area (Å²) in [5.74, 6) is -0.967. The van der Waals surface area contributed by atoms with Crippen molar-refractivity contribution in [1.82, 2.24) is 14.9 Å². The van der Waals surface area contributed by atoms with Crippen molar-refractivity contribution in [3.05, 3.63) is 56.1 Å². The highest BCUT2D eigenvalue weighted by atomic mass is 19.1. The molecule has 3 aliphatic heterocycles. The zero-order valence-corrected chi connectivity index (χ0v) is 20.4. The molecule has 0 fully saturated rings. The molecule has 0 saturated carbocycles. The fourth-order valence-electron chi connectivity index (χ4n) is 5.64. The fourth-order valence-corrected chi connectivity index (χ4v) is 5.64. The van der Waals surface area contributed by atoms with Gasteiger partial charge in [-0.15, -0.1) is 0 Å². The highest BCUT2D eigenvalue weighted by molar-refractivity contribution is 5.95. The maximum absolute atomic E-state index is 14.9. The van der Waals surface area contributed by atoms with Crippen LogP contribution in [0.2, 0.25) is 0 Å². The number of methoxy groups -OCH3 is 1. The number of carbonyl (C=O) groups excluding carboxylic acids is 2. The Morgan fingerprint density at radius 1 is 1.32 bits per heavy atom. The number of amides is 1. The van der Waals surface area contributed by atoms with Crippen molar-refractivity contribution in [2.24, 2.45) is 0 Å². The van der Waals surface area contributed by atoms with Crippen LogP contribution in [0.25, 0.3) is 22.3 Å². The second-order valence-electron chi connectivity index (χ2n) is 9.49. The maximum Gasteiger partial charge on any atom is 0.407 e. The SMILES string of the molecule is CC[C@@]1(O)C(=O)OCc2c1cc1n(c2=O)Cc2c-1nc1cc(F)c(C)c3c1c2C(NC(=O)OC)CCO3. The predicted octanol–water partition coefficient (Wildman–Crippen LogP) is 2.71. The predicted molar refractivity (Wildman–Crippen MR) is 128 cm³/mol.